The number of phenols is 3. The number of phenolic OH excluding ortho intramolecular Hbond substituents is 3. The van der Waals surface area contributed by atoms with Gasteiger partial charge >= 0.3 is 5.97 Å². The fourth-order valence-corrected chi connectivity index (χ4v) is 2.24. The summed E-state index contributed by atoms with van der Waals surface area (Å²) in [4.78, 5) is 24.0. The summed E-state index contributed by atoms with van der Waals surface area (Å²) in [5.74, 6) is -1.57. The van der Waals surface area contributed by atoms with Crippen molar-refractivity contribution in [2.75, 3.05) is 7.11 Å². The molecule has 136 valence electrons. The monoisotopic (exact) mass is 357 g/mol. The lowest BCUT2D eigenvalue weighted by Gasteiger charge is -2.15. The Morgan fingerprint density at radius 3 is 2.38 bits per heavy atom. The molecule has 0 aromatic heterocycles. The first kappa shape index (κ1) is 18.9. The standard InChI is InChI=1S/C19H19NO6/c1-26-19(25)15(10-12-2-6-14(21)7-3-12)20-18(24)9-5-13-4-8-16(22)17(23)11-13/h2-9,11,15,21-23H,10H2,1H3,(H,20,24)/t15-/m1/s1. The largest absolute Gasteiger partial charge is 0.508 e. The second-order valence-corrected chi connectivity index (χ2v) is 5.54. The number of amides is 1. The van der Waals surface area contributed by atoms with E-state index in [0.29, 0.717) is 5.56 Å². The number of carbonyl (C=O) groups is 2. The summed E-state index contributed by atoms with van der Waals surface area (Å²) < 4.78 is 4.71. The summed E-state index contributed by atoms with van der Waals surface area (Å²) >= 11 is 0. The molecule has 0 radical (unpaired) electrons. The van der Waals surface area contributed by atoms with Gasteiger partial charge in [0.05, 0.1) is 7.11 Å². The topological polar surface area (TPSA) is 116 Å². The van der Waals surface area contributed by atoms with Gasteiger partial charge in [-0.15, -0.1) is 0 Å². The van der Waals surface area contributed by atoms with E-state index in [4.69, 9.17) is 4.74 Å². The molecular formula is C19H19NO6. The van der Waals surface area contributed by atoms with E-state index in [2.05, 4.69) is 5.32 Å². The number of hydrogen-bond acceptors (Lipinski definition) is 6. The van der Waals surface area contributed by atoms with E-state index in [1.165, 1.54) is 49.6 Å². The van der Waals surface area contributed by atoms with Crippen LogP contribution < -0.4 is 5.32 Å². The van der Waals surface area contributed by atoms with E-state index in [1.54, 1.807) is 12.1 Å². The number of rotatable bonds is 6. The molecule has 0 saturated heterocycles. The van der Waals surface area contributed by atoms with Gasteiger partial charge in [-0.2, -0.15) is 0 Å². The third-order valence-corrected chi connectivity index (χ3v) is 3.60. The Bertz CT molecular complexity index is 813. The number of methoxy groups -OCH3 is 1. The summed E-state index contributed by atoms with van der Waals surface area (Å²) in [6, 6.07) is 9.50. The Hall–Kier alpha value is -3.48. The first-order valence-electron chi connectivity index (χ1n) is 7.75. The van der Waals surface area contributed by atoms with Crippen LogP contribution in [0.1, 0.15) is 11.1 Å². The minimum atomic E-state index is -0.894. The zero-order valence-electron chi connectivity index (χ0n) is 14.0. The van der Waals surface area contributed by atoms with Gasteiger partial charge in [0.1, 0.15) is 11.8 Å². The molecule has 0 unspecified atom stereocenters. The fourth-order valence-electron chi connectivity index (χ4n) is 2.24. The van der Waals surface area contributed by atoms with Crippen LogP contribution in [0, 0.1) is 0 Å². The quantitative estimate of drug-likeness (QED) is 0.355. The molecule has 4 N–H and O–H groups in total. The first-order valence-corrected chi connectivity index (χ1v) is 7.75. The lowest BCUT2D eigenvalue weighted by atomic mass is 10.1. The number of benzene rings is 2. The van der Waals surface area contributed by atoms with Crippen molar-refractivity contribution < 1.29 is 29.6 Å². The molecule has 2 rings (SSSR count). The van der Waals surface area contributed by atoms with Gasteiger partial charge in [0.15, 0.2) is 11.5 Å². The highest BCUT2D eigenvalue weighted by atomic mass is 16.5. The van der Waals surface area contributed by atoms with Crippen LogP contribution in [-0.2, 0) is 20.7 Å². The second kappa shape index (κ2) is 8.57. The van der Waals surface area contributed by atoms with Crippen molar-refractivity contribution in [3.8, 4) is 17.2 Å². The Morgan fingerprint density at radius 2 is 1.77 bits per heavy atom. The molecule has 0 saturated carbocycles. The molecule has 0 aliphatic heterocycles. The number of nitrogens with one attached hydrogen (secondary N) is 1. The van der Waals surface area contributed by atoms with Gasteiger partial charge in [0.25, 0.3) is 0 Å². The van der Waals surface area contributed by atoms with Crippen LogP contribution in [0.3, 0.4) is 0 Å². The van der Waals surface area contributed by atoms with Crippen molar-refractivity contribution in [1.82, 2.24) is 5.32 Å². The normalized spacial score (nSPS) is 11.9. The maximum atomic E-state index is 12.1. The summed E-state index contributed by atoms with van der Waals surface area (Å²) in [6.07, 6.45) is 2.84. The van der Waals surface area contributed by atoms with Gasteiger partial charge in [-0.3, -0.25) is 4.79 Å². The Kier molecular flexibility index (Phi) is 6.21. The molecule has 2 aromatic carbocycles. The second-order valence-electron chi connectivity index (χ2n) is 5.54. The molecule has 0 fully saturated rings. The minimum absolute atomic E-state index is 0.104. The van der Waals surface area contributed by atoms with Gasteiger partial charge in [0.2, 0.25) is 5.91 Å². The van der Waals surface area contributed by atoms with Crippen LogP contribution in [0.2, 0.25) is 0 Å². The molecule has 7 nitrogen and oxygen atoms in total. The van der Waals surface area contributed by atoms with Gasteiger partial charge in [-0.1, -0.05) is 18.2 Å². The van der Waals surface area contributed by atoms with Gasteiger partial charge in [-0.05, 0) is 41.5 Å². The van der Waals surface area contributed by atoms with E-state index in [9.17, 15) is 24.9 Å². The average molecular weight is 357 g/mol. The fraction of sp³-hybridized carbons (Fsp3) is 0.158. The lowest BCUT2D eigenvalue weighted by molar-refractivity contribution is -0.144. The van der Waals surface area contributed by atoms with E-state index in [0.717, 1.165) is 5.56 Å². The Morgan fingerprint density at radius 1 is 1.08 bits per heavy atom. The number of carbonyl (C=O) groups excluding carboxylic acids is 2. The highest BCUT2D eigenvalue weighted by molar-refractivity contribution is 5.94. The van der Waals surface area contributed by atoms with Crippen molar-refractivity contribution in [1.29, 1.82) is 0 Å². The van der Waals surface area contributed by atoms with Crippen molar-refractivity contribution in [3.05, 3.63) is 59.7 Å². The molecule has 26 heavy (non-hydrogen) atoms. The number of aromatic hydroxyl groups is 3. The molecule has 0 aliphatic rings. The minimum Gasteiger partial charge on any atom is -0.508 e. The molecule has 2 aromatic rings. The molecule has 0 bridgehead atoms. The maximum absolute atomic E-state index is 12.1. The summed E-state index contributed by atoms with van der Waals surface area (Å²) in [5.41, 5.74) is 1.24. The molecule has 1 amide bonds. The van der Waals surface area contributed by atoms with Crippen molar-refractivity contribution >= 4 is 18.0 Å². The maximum Gasteiger partial charge on any atom is 0.328 e. The number of ether oxygens (including phenoxy) is 1. The number of esters is 1. The van der Waals surface area contributed by atoms with E-state index in [-0.39, 0.29) is 23.7 Å². The van der Waals surface area contributed by atoms with E-state index < -0.39 is 17.9 Å². The molecule has 0 heterocycles. The average Bonchev–Trinajstić information content (AvgIpc) is 2.63. The molecule has 1 atom stereocenters. The van der Waals surface area contributed by atoms with Gasteiger partial charge in [0, 0.05) is 12.5 Å². The SMILES string of the molecule is COC(=O)[C@@H](Cc1ccc(O)cc1)NC(=O)C=Cc1ccc(O)c(O)c1. The smallest absolute Gasteiger partial charge is 0.328 e. The summed E-state index contributed by atoms with van der Waals surface area (Å²) in [6.45, 7) is 0. The summed E-state index contributed by atoms with van der Waals surface area (Å²) in [5, 5.41) is 30.6. The van der Waals surface area contributed by atoms with Crippen LogP contribution in [0.4, 0.5) is 0 Å². The summed E-state index contributed by atoms with van der Waals surface area (Å²) in [7, 11) is 1.23. The van der Waals surface area contributed by atoms with Crippen LogP contribution in [-0.4, -0.2) is 40.3 Å². The van der Waals surface area contributed by atoms with Crippen molar-refractivity contribution in [2.24, 2.45) is 0 Å². The van der Waals surface area contributed by atoms with Gasteiger partial charge < -0.3 is 25.4 Å². The molecule has 0 aliphatic carbocycles. The molecule has 7 heteroatoms. The highest BCUT2D eigenvalue weighted by Crippen LogP contribution is 2.25. The lowest BCUT2D eigenvalue weighted by Crippen LogP contribution is -2.42. The Labute approximate surface area is 150 Å². The number of hydrogen-bond donors (Lipinski definition) is 4. The molecule has 0 spiro atoms. The third-order valence-electron chi connectivity index (χ3n) is 3.60. The zero-order chi connectivity index (χ0) is 19.1. The predicted octanol–water partition coefficient (Wildman–Crippen LogP) is 1.72. The van der Waals surface area contributed by atoms with Crippen molar-refractivity contribution in [3.63, 3.8) is 0 Å². The van der Waals surface area contributed by atoms with Crippen LogP contribution >= 0.6 is 0 Å². The van der Waals surface area contributed by atoms with Crippen LogP contribution in [0.15, 0.2) is 48.5 Å². The third kappa shape index (κ3) is 5.27. The highest BCUT2D eigenvalue weighted by Gasteiger charge is 2.21. The van der Waals surface area contributed by atoms with E-state index in [1.807, 2.05) is 0 Å². The van der Waals surface area contributed by atoms with Crippen LogP contribution in [0.5, 0.6) is 17.2 Å². The Balaban J connectivity index is 2.05. The van der Waals surface area contributed by atoms with Crippen LogP contribution in [0.25, 0.3) is 6.08 Å². The van der Waals surface area contributed by atoms with Gasteiger partial charge in [-0.25, -0.2) is 4.79 Å². The zero-order valence-corrected chi connectivity index (χ0v) is 14.0. The first-order chi connectivity index (χ1) is 12.4. The van der Waals surface area contributed by atoms with E-state index >= 15 is 0 Å². The molecular weight excluding hydrogens is 338 g/mol. The predicted molar refractivity (Wildman–Crippen MR) is 94.6 cm³/mol. The van der Waals surface area contributed by atoms with Crippen molar-refractivity contribution in [2.45, 2.75) is 12.5 Å².